The Bertz CT molecular complexity index is 1030. The van der Waals surface area contributed by atoms with Gasteiger partial charge < -0.3 is 14.4 Å². The first-order valence-electron chi connectivity index (χ1n) is 9.75. The van der Waals surface area contributed by atoms with Gasteiger partial charge in [0.25, 0.3) is 0 Å². The van der Waals surface area contributed by atoms with Crippen LogP contribution in [0.4, 0.5) is 0 Å². The number of ether oxygens (including phenoxy) is 2. The number of hydrogen-bond acceptors (Lipinski definition) is 3. The van der Waals surface area contributed by atoms with E-state index in [2.05, 4.69) is 73.4 Å². The lowest BCUT2D eigenvalue weighted by molar-refractivity contribution is 0.157. The summed E-state index contributed by atoms with van der Waals surface area (Å²) < 4.78 is 12.2. The maximum atomic E-state index is 6.28. The van der Waals surface area contributed by atoms with Gasteiger partial charge in [-0.2, -0.15) is 0 Å². The molecule has 3 aromatic carbocycles. The lowest BCUT2D eigenvalue weighted by atomic mass is 9.87. The summed E-state index contributed by atoms with van der Waals surface area (Å²) in [4.78, 5) is 2.11. The Morgan fingerprint density at radius 3 is 2.54 bits per heavy atom. The fourth-order valence-corrected chi connectivity index (χ4v) is 3.67. The van der Waals surface area contributed by atoms with E-state index in [4.69, 9.17) is 9.47 Å². The van der Waals surface area contributed by atoms with Crippen LogP contribution in [0.25, 0.3) is 16.3 Å². The third kappa shape index (κ3) is 3.76. The van der Waals surface area contributed by atoms with Crippen LogP contribution < -0.4 is 9.47 Å². The van der Waals surface area contributed by atoms with Crippen molar-refractivity contribution in [3.05, 3.63) is 77.9 Å². The molecule has 0 amide bonds. The van der Waals surface area contributed by atoms with Gasteiger partial charge in [-0.25, -0.2) is 0 Å². The van der Waals surface area contributed by atoms with E-state index in [0.29, 0.717) is 6.61 Å². The van der Waals surface area contributed by atoms with Gasteiger partial charge in [0, 0.05) is 18.2 Å². The maximum Gasteiger partial charge on any atom is 0.132 e. The second-order valence-electron chi connectivity index (χ2n) is 8.10. The Hall–Kier alpha value is -2.78. The number of nitrogens with zero attached hydrogens (tertiary/aromatic N) is 1. The summed E-state index contributed by atoms with van der Waals surface area (Å²) in [6.07, 6.45) is 2.23. The van der Waals surface area contributed by atoms with E-state index < -0.39 is 0 Å². The van der Waals surface area contributed by atoms with Crippen LogP contribution in [0, 0.1) is 0 Å². The first-order chi connectivity index (χ1) is 13.4. The van der Waals surface area contributed by atoms with Crippen LogP contribution in [0.2, 0.25) is 0 Å². The molecule has 1 heterocycles. The summed E-state index contributed by atoms with van der Waals surface area (Å²) in [5, 5.41) is 2.50. The molecule has 0 spiro atoms. The van der Waals surface area contributed by atoms with Gasteiger partial charge in [-0.1, -0.05) is 42.5 Å². The number of likely N-dealkylation sites (N-methyl/N-ethyl adjacent to an activating group) is 1. The van der Waals surface area contributed by atoms with Crippen LogP contribution in [-0.4, -0.2) is 37.7 Å². The topological polar surface area (TPSA) is 21.7 Å². The van der Waals surface area contributed by atoms with Crippen molar-refractivity contribution in [2.24, 2.45) is 0 Å². The smallest absolute Gasteiger partial charge is 0.132 e. The molecule has 0 N–H and O–H groups in total. The van der Waals surface area contributed by atoms with E-state index in [1.54, 1.807) is 0 Å². The van der Waals surface area contributed by atoms with E-state index in [1.807, 2.05) is 26.2 Å². The minimum atomic E-state index is -0.387. The summed E-state index contributed by atoms with van der Waals surface area (Å²) in [5.74, 6) is 1.72. The minimum Gasteiger partial charge on any atom is -0.492 e. The molecule has 0 radical (unpaired) electrons. The molecule has 3 nitrogen and oxygen atoms in total. The summed E-state index contributed by atoms with van der Waals surface area (Å²) in [7, 11) is 4.09. The van der Waals surface area contributed by atoms with Crippen molar-refractivity contribution < 1.29 is 9.47 Å². The second-order valence-corrected chi connectivity index (χ2v) is 8.10. The third-order valence-electron chi connectivity index (χ3n) is 5.00. The van der Waals surface area contributed by atoms with Crippen molar-refractivity contribution in [3.8, 4) is 11.5 Å². The summed E-state index contributed by atoms with van der Waals surface area (Å²) in [5.41, 5.74) is 3.16. The highest BCUT2D eigenvalue weighted by atomic mass is 16.5. The molecule has 0 atom stereocenters. The second kappa shape index (κ2) is 7.33. The van der Waals surface area contributed by atoms with Crippen LogP contribution in [-0.2, 0) is 0 Å². The van der Waals surface area contributed by atoms with Gasteiger partial charge in [-0.3, -0.25) is 0 Å². The average Bonchev–Trinajstić information content (AvgIpc) is 2.65. The SMILES string of the molecule is CN(C)CCOc1ccc2c(c1)OC(C)(C)C=C2c1cccc2ccccc12. The molecular formula is C25H27NO2. The van der Waals surface area contributed by atoms with Crippen LogP contribution in [0.5, 0.6) is 11.5 Å². The molecule has 0 unspecified atom stereocenters. The van der Waals surface area contributed by atoms with Crippen molar-refractivity contribution in [1.29, 1.82) is 0 Å². The number of fused-ring (bicyclic) bond motifs is 2. The molecule has 1 aliphatic rings. The van der Waals surface area contributed by atoms with Crippen molar-refractivity contribution in [3.63, 3.8) is 0 Å². The Morgan fingerprint density at radius 1 is 0.929 bits per heavy atom. The predicted molar refractivity (Wildman–Crippen MR) is 116 cm³/mol. The standard InChI is InChI=1S/C25H27NO2/c1-25(2)17-23(21-11-7-9-18-8-5-6-10-20(18)21)22-13-12-19(16-24(22)28-25)27-15-14-26(3)4/h5-13,16-17H,14-15H2,1-4H3. The fourth-order valence-electron chi connectivity index (χ4n) is 3.67. The lowest BCUT2D eigenvalue weighted by Crippen LogP contribution is -2.29. The highest BCUT2D eigenvalue weighted by Crippen LogP contribution is 2.42. The van der Waals surface area contributed by atoms with Gasteiger partial charge in [0.1, 0.15) is 23.7 Å². The molecule has 4 rings (SSSR count). The van der Waals surface area contributed by atoms with Crippen molar-refractivity contribution in [1.82, 2.24) is 4.90 Å². The van der Waals surface area contributed by atoms with Crippen molar-refractivity contribution in [2.45, 2.75) is 19.4 Å². The first-order valence-corrected chi connectivity index (χ1v) is 9.75. The molecule has 28 heavy (non-hydrogen) atoms. The van der Waals surface area contributed by atoms with Crippen LogP contribution >= 0.6 is 0 Å². The average molecular weight is 373 g/mol. The molecule has 3 aromatic rings. The molecule has 0 fully saturated rings. The zero-order valence-corrected chi connectivity index (χ0v) is 17.0. The van der Waals surface area contributed by atoms with Crippen LogP contribution in [0.15, 0.2) is 66.7 Å². The van der Waals surface area contributed by atoms with Gasteiger partial charge in [0.05, 0.1) is 0 Å². The van der Waals surface area contributed by atoms with E-state index in [-0.39, 0.29) is 5.60 Å². The molecule has 144 valence electrons. The summed E-state index contributed by atoms with van der Waals surface area (Å²) >= 11 is 0. The maximum absolute atomic E-state index is 6.28. The van der Waals surface area contributed by atoms with E-state index in [0.717, 1.165) is 23.6 Å². The first kappa shape index (κ1) is 18.6. The minimum absolute atomic E-state index is 0.387. The van der Waals surface area contributed by atoms with Crippen LogP contribution in [0.1, 0.15) is 25.0 Å². The zero-order chi connectivity index (χ0) is 19.7. The van der Waals surface area contributed by atoms with Gasteiger partial charge in [-0.15, -0.1) is 0 Å². The summed E-state index contributed by atoms with van der Waals surface area (Å²) in [6, 6.07) is 21.2. The highest BCUT2D eigenvalue weighted by Gasteiger charge is 2.28. The molecule has 0 bridgehead atoms. The molecule has 1 aliphatic heterocycles. The predicted octanol–water partition coefficient (Wildman–Crippen LogP) is 5.38. The van der Waals surface area contributed by atoms with Gasteiger partial charge in [0.2, 0.25) is 0 Å². The van der Waals surface area contributed by atoms with Crippen molar-refractivity contribution >= 4 is 16.3 Å². The summed E-state index contributed by atoms with van der Waals surface area (Å²) in [6.45, 7) is 5.73. The fraction of sp³-hybridized carbons (Fsp3) is 0.280. The van der Waals surface area contributed by atoms with Gasteiger partial charge in [0.15, 0.2) is 0 Å². The quantitative estimate of drug-likeness (QED) is 0.599. The highest BCUT2D eigenvalue weighted by molar-refractivity contribution is 5.99. The molecule has 0 saturated carbocycles. The molecular weight excluding hydrogens is 346 g/mol. The number of benzene rings is 3. The van der Waals surface area contributed by atoms with Crippen LogP contribution in [0.3, 0.4) is 0 Å². The van der Waals surface area contributed by atoms with E-state index in [1.165, 1.54) is 21.9 Å². The lowest BCUT2D eigenvalue weighted by Gasteiger charge is -2.32. The number of rotatable bonds is 5. The van der Waals surface area contributed by atoms with Gasteiger partial charge in [-0.05, 0) is 68.1 Å². The molecule has 0 saturated heterocycles. The molecule has 3 heteroatoms. The Labute approximate surface area is 167 Å². The molecule has 0 aromatic heterocycles. The van der Waals surface area contributed by atoms with E-state index in [9.17, 15) is 0 Å². The number of hydrogen-bond donors (Lipinski definition) is 0. The van der Waals surface area contributed by atoms with E-state index >= 15 is 0 Å². The molecule has 0 aliphatic carbocycles. The zero-order valence-electron chi connectivity index (χ0n) is 17.0. The Balaban J connectivity index is 1.76. The largest absolute Gasteiger partial charge is 0.492 e. The third-order valence-corrected chi connectivity index (χ3v) is 5.00. The monoisotopic (exact) mass is 373 g/mol. The Morgan fingerprint density at radius 2 is 1.71 bits per heavy atom. The normalized spacial score (nSPS) is 15.1. The Kier molecular flexibility index (Phi) is 4.86. The van der Waals surface area contributed by atoms with Gasteiger partial charge >= 0.3 is 0 Å². The van der Waals surface area contributed by atoms with Crippen molar-refractivity contribution in [2.75, 3.05) is 27.2 Å².